The number of phenols is 1. The lowest BCUT2D eigenvalue weighted by Gasteiger charge is -2.29. The number of hydrogen-bond acceptors (Lipinski definition) is 9. The van der Waals surface area contributed by atoms with Crippen LogP contribution in [-0.2, 0) is 38.8 Å². The number of rotatable bonds is 22. The van der Waals surface area contributed by atoms with Gasteiger partial charge in [-0.15, -0.1) is 0 Å². The quantitative estimate of drug-likeness (QED) is 0.0406. The van der Waals surface area contributed by atoms with E-state index in [4.69, 9.17) is 16.2 Å². The van der Waals surface area contributed by atoms with Gasteiger partial charge in [0.1, 0.15) is 29.5 Å². The minimum atomic E-state index is -1.16. The zero-order valence-electron chi connectivity index (χ0n) is 32.6. The van der Waals surface area contributed by atoms with Gasteiger partial charge in [0.2, 0.25) is 17.7 Å². The molecule has 3 aromatic carbocycles. The SMILES string of the molecule is CCNC(=O)/N=C(/N)NCCC[C@@H](NC(=O)[C@H](c1cccc(NCCCNC(=O)CCOCCN)c1)N1Cc2ccccc2C1)C(=O)NCc1c(F)cc(O)cc1F. The number of nitrogens with zero attached hydrogens (tertiary/aromatic N) is 2. The third-order valence-electron chi connectivity index (χ3n) is 9.15. The molecule has 1 aliphatic heterocycles. The van der Waals surface area contributed by atoms with Crippen molar-refractivity contribution in [2.24, 2.45) is 16.5 Å². The average molecular weight is 809 g/mol. The highest BCUT2D eigenvalue weighted by molar-refractivity contribution is 5.92. The van der Waals surface area contributed by atoms with Crippen LogP contribution in [0.25, 0.3) is 0 Å². The number of amides is 5. The summed E-state index contributed by atoms with van der Waals surface area (Å²) in [6.45, 7) is 4.76. The van der Waals surface area contributed by atoms with E-state index in [1.165, 1.54) is 0 Å². The second kappa shape index (κ2) is 23.4. The Kier molecular flexibility index (Phi) is 18.1. The Morgan fingerprint density at radius 3 is 2.28 bits per heavy atom. The number of fused-ring (bicyclic) bond motifs is 1. The lowest BCUT2D eigenvalue weighted by Crippen LogP contribution is -2.50. The van der Waals surface area contributed by atoms with Crippen LogP contribution in [0.5, 0.6) is 5.75 Å². The molecule has 0 aliphatic carbocycles. The number of nitrogens with one attached hydrogen (secondary N) is 6. The summed E-state index contributed by atoms with van der Waals surface area (Å²) in [7, 11) is 0. The Hall–Kier alpha value is -5.85. The fourth-order valence-corrected chi connectivity index (χ4v) is 6.32. The van der Waals surface area contributed by atoms with E-state index in [2.05, 4.69) is 36.9 Å². The highest BCUT2D eigenvalue weighted by atomic mass is 19.1. The second-order valence-corrected chi connectivity index (χ2v) is 13.6. The highest BCUT2D eigenvalue weighted by Crippen LogP contribution is 2.33. The van der Waals surface area contributed by atoms with Gasteiger partial charge in [-0.05, 0) is 55.0 Å². The third kappa shape index (κ3) is 14.3. The molecule has 0 saturated carbocycles. The summed E-state index contributed by atoms with van der Waals surface area (Å²) in [5.74, 6) is -4.10. The molecule has 0 bridgehead atoms. The standard InChI is InChI=1S/C40H54F2N10O6/c1-2-45-40(57)51-39(44)48-15-6-12-34(37(55)49-23-31-32(41)21-30(53)22-33(31)42)50-38(56)36(52-24-27-8-3-4-9-28(27)25-52)26-10-5-11-29(20-26)46-16-7-17-47-35(54)13-18-58-19-14-43/h3-5,8-11,20-22,34,36,46,53H,2,6-7,12-19,23-25,43H2,1H3,(H,47,54)(H,49,55)(H,50,56)(H4,44,45,48,51,57)/t34-,36+/m1/s1. The number of ether oxygens (including phenoxy) is 1. The van der Waals surface area contributed by atoms with E-state index >= 15 is 0 Å². The van der Waals surface area contributed by atoms with Gasteiger partial charge in [0.15, 0.2) is 5.96 Å². The number of carbonyl (C=O) groups excluding carboxylic acids is 4. The molecule has 0 unspecified atom stereocenters. The minimum absolute atomic E-state index is 0.0748. The van der Waals surface area contributed by atoms with Crippen LogP contribution in [0.4, 0.5) is 19.3 Å². The van der Waals surface area contributed by atoms with Gasteiger partial charge >= 0.3 is 6.03 Å². The van der Waals surface area contributed by atoms with Crippen molar-refractivity contribution in [3.05, 3.63) is 94.6 Å². The van der Waals surface area contributed by atoms with Crippen molar-refractivity contribution in [1.29, 1.82) is 0 Å². The lowest BCUT2D eigenvalue weighted by molar-refractivity contribution is -0.132. The smallest absolute Gasteiger partial charge is 0.344 e. The molecule has 314 valence electrons. The first-order valence-corrected chi connectivity index (χ1v) is 19.3. The summed E-state index contributed by atoms with van der Waals surface area (Å²) in [6, 6.07) is 14.1. The van der Waals surface area contributed by atoms with Crippen molar-refractivity contribution in [3.8, 4) is 5.75 Å². The van der Waals surface area contributed by atoms with Gasteiger partial charge in [-0.2, -0.15) is 4.99 Å². The van der Waals surface area contributed by atoms with E-state index in [-0.39, 0.29) is 37.7 Å². The number of aromatic hydroxyl groups is 1. The number of phenolic OH excluding ortho intramolecular Hbond substituents is 1. The zero-order valence-corrected chi connectivity index (χ0v) is 32.6. The van der Waals surface area contributed by atoms with E-state index < -0.39 is 59.4 Å². The van der Waals surface area contributed by atoms with Crippen LogP contribution < -0.4 is 43.4 Å². The lowest BCUT2D eigenvalue weighted by atomic mass is 10.0. The first-order valence-electron chi connectivity index (χ1n) is 19.3. The van der Waals surface area contributed by atoms with Gasteiger partial charge in [0, 0.05) is 82.2 Å². The molecule has 0 radical (unpaired) electrons. The van der Waals surface area contributed by atoms with E-state index in [1.54, 1.807) is 6.92 Å². The molecule has 0 spiro atoms. The molecule has 0 fully saturated rings. The summed E-state index contributed by atoms with van der Waals surface area (Å²) in [6.07, 6.45) is 1.23. The van der Waals surface area contributed by atoms with Gasteiger partial charge < -0.3 is 53.2 Å². The number of carbonyl (C=O) groups is 4. The zero-order chi connectivity index (χ0) is 41.9. The Morgan fingerprint density at radius 2 is 1.59 bits per heavy atom. The molecule has 0 aromatic heterocycles. The highest BCUT2D eigenvalue weighted by Gasteiger charge is 2.34. The molecule has 1 heterocycles. The number of halogens is 2. The van der Waals surface area contributed by atoms with Gasteiger partial charge in [-0.25, -0.2) is 13.6 Å². The second-order valence-electron chi connectivity index (χ2n) is 13.6. The number of urea groups is 1. The predicted octanol–water partition coefficient (Wildman–Crippen LogP) is 2.23. The van der Waals surface area contributed by atoms with Crippen LogP contribution in [0, 0.1) is 11.6 Å². The monoisotopic (exact) mass is 808 g/mol. The van der Waals surface area contributed by atoms with Crippen LogP contribution in [-0.4, -0.2) is 91.7 Å². The largest absolute Gasteiger partial charge is 0.508 e. The van der Waals surface area contributed by atoms with E-state index in [9.17, 15) is 33.1 Å². The number of guanidine groups is 1. The topological polar surface area (TPSA) is 238 Å². The van der Waals surface area contributed by atoms with Gasteiger partial charge in [-0.1, -0.05) is 36.4 Å². The number of aliphatic imine (C=N–C) groups is 1. The molecule has 0 saturated heterocycles. The van der Waals surface area contributed by atoms with Crippen LogP contribution in [0.1, 0.15) is 60.9 Å². The van der Waals surface area contributed by atoms with Crippen molar-refractivity contribution < 1.29 is 37.8 Å². The summed E-state index contributed by atoms with van der Waals surface area (Å²) in [5, 5.41) is 26.5. The number of benzene rings is 3. The Balaban J connectivity index is 1.49. The first-order chi connectivity index (χ1) is 28.0. The van der Waals surface area contributed by atoms with Crippen LogP contribution in [0.2, 0.25) is 0 Å². The molecule has 16 nitrogen and oxygen atoms in total. The summed E-state index contributed by atoms with van der Waals surface area (Å²) in [5.41, 5.74) is 14.3. The van der Waals surface area contributed by atoms with Crippen molar-refractivity contribution in [2.45, 2.75) is 64.3 Å². The molecular formula is C40H54F2N10O6. The fraction of sp³-hybridized carbons (Fsp3) is 0.425. The van der Waals surface area contributed by atoms with Crippen molar-refractivity contribution >= 4 is 35.4 Å². The van der Waals surface area contributed by atoms with Crippen LogP contribution in [0.3, 0.4) is 0 Å². The molecule has 18 heteroatoms. The molecular weight excluding hydrogens is 754 g/mol. The maximum atomic E-state index is 14.5. The number of anilines is 1. The van der Waals surface area contributed by atoms with Crippen molar-refractivity contribution in [3.63, 3.8) is 0 Å². The molecule has 2 atom stereocenters. The van der Waals surface area contributed by atoms with Crippen molar-refractivity contribution in [2.75, 3.05) is 51.3 Å². The fourth-order valence-electron chi connectivity index (χ4n) is 6.32. The molecule has 1 aliphatic rings. The van der Waals surface area contributed by atoms with Gasteiger partial charge in [-0.3, -0.25) is 19.3 Å². The Morgan fingerprint density at radius 1 is 0.879 bits per heavy atom. The molecule has 3 aromatic rings. The summed E-state index contributed by atoms with van der Waals surface area (Å²) < 4.78 is 34.3. The number of nitrogens with two attached hydrogens (primary N) is 2. The predicted molar refractivity (Wildman–Crippen MR) is 215 cm³/mol. The molecule has 4 rings (SSSR count). The summed E-state index contributed by atoms with van der Waals surface area (Å²) >= 11 is 0. The minimum Gasteiger partial charge on any atom is -0.508 e. The van der Waals surface area contributed by atoms with E-state index in [0.717, 1.165) is 28.9 Å². The molecule has 11 N–H and O–H groups in total. The third-order valence-corrected chi connectivity index (χ3v) is 9.15. The Bertz CT molecular complexity index is 1830. The van der Waals surface area contributed by atoms with E-state index in [1.807, 2.05) is 53.4 Å². The maximum absolute atomic E-state index is 14.5. The van der Waals surface area contributed by atoms with Crippen LogP contribution in [0.15, 0.2) is 65.7 Å². The molecule has 58 heavy (non-hydrogen) atoms. The van der Waals surface area contributed by atoms with Gasteiger partial charge in [0.05, 0.1) is 13.2 Å². The summed E-state index contributed by atoms with van der Waals surface area (Å²) in [4.78, 5) is 57.7. The number of hydrogen-bond donors (Lipinski definition) is 9. The van der Waals surface area contributed by atoms with E-state index in [0.29, 0.717) is 64.5 Å². The van der Waals surface area contributed by atoms with Gasteiger partial charge in [0.25, 0.3) is 0 Å². The molecule has 5 amide bonds. The maximum Gasteiger partial charge on any atom is 0.344 e. The Labute approximate surface area is 336 Å². The average Bonchev–Trinajstić information content (AvgIpc) is 3.61. The first kappa shape index (κ1) is 44.9. The normalized spacial score (nSPS) is 13.6. The van der Waals surface area contributed by atoms with Crippen molar-refractivity contribution in [1.82, 2.24) is 31.5 Å². The van der Waals surface area contributed by atoms with Crippen LogP contribution >= 0.6 is 0 Å².